The summed E-state index contributed by atoms with van der Waals surface area (Å²) in [6, 6.07) is 5.04. The molecule has 1 rings (SSSR count). The van der Waals surface area contributed by atoms with E-state index in [1.54, 1.807) is 6.07 Å². The van der Waals surface area contributed by atoms with Crippen molar-refractivity contribution >= 4 is 5.69 Å². The largest absolute Gasteiger partial charge is 0.417 e. The molecule has 0 amide bonds. The molecule has 0 saturated heterocycles. The van der Waals surface area contributed by atoms with Crippen LogP contribution in [0.1, 0.15) is 31.9 Å². The van der Waals surface area contributed by atoms with Gasteiger partial charge in [0.25, 0.3) is 0 Å². The van der Waals surface area contributed by atoms with Gasteiger partial charge in [0.2, 0.25) is 0 Å². The first-order valence-corrected chi connectivity index (χ1v) is 5.03. The predicted octanol–water partition coefficient (Wildman–Crippen LogP) is 3.79. The Morgan fingerprint density at radius 1 is 1.18 bits per heavy atom. The van der Waals surface area contributed by atoms with Crippen molar-refractivity contribution in [1.29, 1.82) is 5.26 Å². The summed E-state index contributed by atoms with van der Waals surface area (Å²) >= 11 is 0. The zero-order valence-electron chi connectivity index (χ0n) is 9.81. The molecule has 0 heterocycles. The second-order valence-electron chi connectivity index (χ2n) is 4.74. The van der Waals surface area contributed by atoms with E-state index in [0.717, 1.165) is 6.07 Å². The Morgan fingerprint density at radius 3 is 2.18 bits per heavy atom. The quantitative estimate of drug-likeness (QED) is 0.813. The van der Waals surface area contributed by atoms with Gasteiger partial charge < -0.3 is 5.32 Å². The van der Waals surface area contributed by atoms with Gasteiger partial charge in [0.05, 0.1) is 17.2 Å². The van der Waals surface area contributed by atoms with Crippen LogP contribution >= 0.6 is 0 Å². The highest BCUT2D eigenvalue weighted by Gasteiger charge is 2.33. The van der Waals surface area contributed by atoms with Crippen LogP contribution in [-0.2, 0) is 6.18 Å². The molecule has 0 aliphatic heterocycles. The third-order valence-corrected chi connectivity index (χ3v) is 1.96. The lowest BCUT2D eigenvalue weighted by Crippen LogP contribution is -2.26. The van der Waals surface area contributed by atoms with Crippen LogP contribution in [0, 0.1) is 11.3 Å². The molecule has 17 heavy (non-hydrogen) atoms. The van der Waals surface area contributed by atoms with Crippen molar-refractivity contribution in [3.8, 4) is 6.07 Å². The van der Waals surface area contributed by atoms with Crippen LogP contribution in [0.5, 0.6) is 0 Å². The fraction of sp³-hybridized carbons (Fsp3) is 0.417. The van der Waals surface area contributed by atoms with E-state index in [1.807, 2.05) is 20.8 Å². The van der Waals surface area contributed by atoms with Gasteiger partial charge >= 0.3 is 6.18 Å². The third kappa shape index (κ3) is 3.66. The summed E-state index contributed by atoms with van der Waals surface area (Å²) in [5.41, 5.74) is -1.04. The van der Waals surface area contributed by atoms with Crippen LogP contribution in [0.25, 0.3) is 0 Å². The molecule has 0 spiro atoms. The van der Waals surface area contributed by atoms with E-state index in [9.17, 15) is 13.2 Å². The molecular weight excluding hydrogens is 229 g/mol. The van der Waals surface area contributed by atoms with E-state index in [4.69, 9.17) is 5.26 Å². The maximum atomic E-state index is 12.5. The number of hydrogen-bond donors (Lipinski definition) is 1. The smallest absolute Gasteiger partial charge is 0.380 e. The van der Waals surface area contributed by atoms with Crippen LogP contribution in [-0.4, -0.2) is 5.54 Å². The van der Waals surface area contributed by atoms with E-state index in [0.29, 0.717) is 5.69 Å². The highest BCUT2D eigenvalue weighted by Crippen LogP contribution is 2.33. The standard InChI is InChI=1S/C12H13F3N2/c1-11(2,3)17-9-4-5-10(12(13,14)15)8(6-9)7-16/h4-6,17H,1-3H3. The van der Waals surface area contributed by atoms with Gasteiger partial charge in [0, 0.05) is 11.2 Å². The Bertz CT molecular complexity index is 450. The summed E-state index contributed by atoms with van der Waals surface area (Å²) < 4.78 is 37.6. The molecule has 0 radical (unpaired) electrons. The van der Waals surface area contributed by atoms with Gasteiger partial charge in [0.1, 0.15) is 0 Å². The minimum atomic E-state index is -4.49. The maximum Gasteiger partial charge on any atom is 0.417 e. The molecule has 1 N–H and O–H groups in total. The number of nitrogens with zero attached hydrogens (tertiary/aromatic N) is 1. The second-order valence-corrected chi connectivity index (χ2v) is 4.74. The van der Waals surface area contributed by atoms with Crippen LogP contribution in [0.2, 0.25) is 0 Å². The van der Waals surface area contributed by atoms with Gasteiger partial charge in [-0.1, -0.05) is 0 Å². The van der Waals surface area contributed by atoms with Gasteiger partial charge in [-0.25, -0.2) is 0 Å². The average Bonchev–Trinajstić information content (AvgIpc) is 2.13. The fourth-order valence-corrected chi connectivity index (χ4v) is 1.39. The van der Waals surface area contributed by atoms with E-state index >= 15 is 0 Å². The van der Waals surface area contributed by atoms with Crippen molar-refractivity contribution in [2.75, 3.05) is 5.32 Å². The monoisotopic (exact) mass is 242 g/mol. The van der Waals surface area contributed by atoms with Crippen molar-refractivity contribution in [2.45, 2.75) is 32.5 Å². The molecular formula is C12H13F3N2. The highest BCUT2D eigenvalue weighted by molar-refractivity contribution is 5.54. The number of hydrogen-bond acceptors (Lipinski definition) is 2. The summed E-state index contributed by atoms with van der Waals surface area (Å²) in [5.74, 6) is 0. The Balaban J connectivity index is 3.15. The minimum Gasteiger partial charge on any atom is -0.380 e. The van der Waals surface area contributed by atoms with Crippen molar-refractivity contribution in [3.63, 3.8) is 0 Å². The summed E-state index contributed by atoms with van der Waals surface area (Å²) in [7, 11) is 0. The van der Waals surface area contributed by atoms with Crippen LogP contribution in [0.15, 0.2) is 18.2 Å². The molecule has 0 saturated carbocycles. The Kier molecular flexibility index (Phi) is 3.37. The summed E-state index contributed by atoms with van der Waals surface area (Å²) in [6.45, 7) is 5.66. The zero-order valence-corrected chi connectivity index (χ0v) is 9.81. The lowest BCUT2D eigenvalue weighted by molar-refractivity contribution is -0.137. The average molecular weight is 242 g/mol. The van der Waals surface area contributed by atoms with Gasteiger partial charge in [-0.2, -0.15) is 18.4 Å². The van der Waals surface area contributed by atoms with Crippen molar-refractivity contribution in [1.82, 2.24) is 0 Å². The summed E-state index contributed by atoms with van der Waals surface area (Å²) in [4.78, 5) is 0. The number of benzene rings is 1. The first kappa shape index (κ1) is 13.4. The molecule has 0 atom stereocenters. The molecule has 92 valence electrons. The number of rotatable bonds is 1. The first-order valence-electron chi connectivity index (χ1n) is 5.03. The molecule has 0 aliphatic rings. The van der Waals surface area contributed by atoms with Gasteiger partial charge in [-0.05, 0) is 39.0 Å². The van der Waals surface area contributed by atoms with Crippen molar-refractivity contribution in [2.24, 2.45) is 0 Å². The molecule has 0 fully saturated rings. The molecule has 0 unspecified atom stereocenters. The number of nitrogens with one attached hydrogen (secondary N) is 1. The van der Waals surface area contributed by atoms with E-state index in [2.05, 4.69) is 5.32 Å². The highest BCUT2D eigenvalue weighted by atomic mass is 19.4. The van der Waals surface area contributed by atoms with E-state index < -0.39 is 11.7 Å². The molecule has 1 aromatic rings. The SMILES string of the molecule is CC(C)(C)Nc1ccc(C(F)(F)F)c(C#N)c1. The van der Waals surface area contributed by atoms with Crippen LogP contribution in [0.4, 0.5) is 18.9 Å². The summed E-state index contributed by atoms with van der Waals surface area (Å²) in [6.07, 6.45) is -4.49. The number of anilines is 1. The number of halogens is 3. The van der Waals surface area contributed by atoms with Crippen LogP contribution in [0.3, 0.4) is 0 Å². The van der Waals surface area contributed by atoms with Gasteiger partial charge in [0.15, 0.2) is 0 Å². The van der Waals surface area contributed by atoms with E-state index in [-0.39, 0.29) is 11.1 Å². The Labute approximate surface area is 98.1 Å². The lowest BCUT2D eigenvalue weighted by atomic mass is 10.0. The molecule has 0 aromatic heterocycles. The molecule has 5 heteroatoms. The predicted molar refractivity (Wildman–Crippen MR) is 59.5 cm³/mol. The molecule has 2 nitrogen and oxygen atoms in total. The minimum absolute atomic E-state index is 0.271. The van der Waals surface area contributed by atoms with Crippen molar-refractivity contribution < 1.29 is 13.2 Å². The maximum absolute atomic E-state index is 12.5. The Hall–Kier alpha value is -1.70. The third-order valence-electron chi connectivity index (χ3n) is 1.96. The molecule has 0 aliphatic carbocycles. The number of alkyl halides is 3. The topological polar surface area (TPSA) is 35.8 Å². The van der Waals surface area contributed by atoms with Gasteiger partial charge in [-0.15, -0.1) is 0 Å². The van der Waals surface area contributed by atoms with Crippen molar-refractivity contribution in [3.05, 3.63) is 29.3 Å². The first-order chi connectivity index (χ1) is 7.63. The summed E-state index contributed by atoms with van der Waals surface area (Å²) in [5, 5.41) is 11.7. The van der Waals surface area contributed by atoms with E-state index in [1.165, 1.54) is 12.1 Å². The van der Waals surface area contributed by atoms with Crippen LogP contribution < -0.4 is 5.32 Å². The number of nitriles is 1. The normalized spacial score (nSPS) is 12.1. The molecule has 0 bridgehead atoms. The fourth-order valence-electron chi connectivity index (χ4n) is 1.39. The lowest BCUT2D eigenvalue weighted by Gasteiger charge is -2.22. The zero-order chi connectivity index (χ0) is 13.3. The molecule has 1 aromatic carbocycles. The second kappa shape index (κ2) is 4.28. The Morgan fingerprint density at radius 2 is 1.76 bits per heavy atom. The van der Waals surface area contributed by atoms with Gasteiger partial charge in [-0.3, -0.25) is 0 Å².